The molecule has 0 radical (unpaired) electrons. The average molecular weight is 342 g/mol. The fourth-order valence-electron chi connectivity index (χ4n) is 2.71. The van der Waals surface area contributed by atoms with E-state index in [0.717, 1.165) is 42.1 Å². The monoisotopic (exact) mass is 341 g/mol. The van der Waals surface area contributed by atoms with Crippen LogP contribution in [-0.4, -0.2) is 32.5 Å². The van der Waals surface area contributed by atoms with E-state index < -0.39 is 0 Å². The number of fused-ring (bicyclic) bond motifs is 1. The normalized spacial score (nSPS) is 24.9. The second kappa shape index (κ2) is 6.33. The number of hydrogen-bond donors (Lipinski definition) is 1. The lowest BCUT2D eigenvalue weighted by atomic mass is 10.0. The van der Waals surface area contributed by atoms with Crippen molar-refractivity contribution in [3.05, 3.63) is 22.2 Å². The standard InChI is InChI=1S/C15H20BrNO3/c1-10-12(2-3-18-10)9-17-8-11-6-13(16)15-14(7-11)19-4-5-20-15/h6-7,10,12,17H,2-5,8-9H2,1H3. The van der Waals surface area contributed by atoms with Gasteiger partial charge in [0, 0.05) is 19.7 Å². The molecule has 0 aromatic heterocycles. The Morgan fingerprint density at radius 1 is 1.25 bits per heavy atom. The summed E-state index contributed by atoms with van der Waals surface area (Å²) in [6.07, 6.45) is 1.52. The van der Waals surface area contributed by atoms with Crippen LogP contribution in [0.4, 0.5) is 0 Å². The van der Waals surface area contributed by atoms with Crippen LogP contribution in [0.2, 0.25) is 0 Å². The zero-order valence-electron chi connectivity index (χ0n) is 11.7. The maximum Gasteiger partial charge on any atom is 0.175 e. The molecule has 4 nitrogen and oxygen atoms in total. The molecule has 0 saturated carbocycles. The van der Waals surface area contributed by atoms with Crippen LogP contribution < -0.4 is 14.8 Å². The van der Waals surface area contributed by atoms with Gasteiger partial charge in [0.15, 0.2) is 11.5 Å². The number of benzene rings is 1. The SMILES string of the molecule is CC1OCCC1CNCc1cc(Br)c2c(c1)OCCO2. The third-order valence-corrected chi connectivity index (χ3v) is 4.51. The molecular weight excluding hydrogens is 322 g/mol. The van der Waals surface area contributed by atoms with Gasteiger partial charge in [-0.05, 0) is 52.9 Å². The Labute approximate surface area is 127 Å². The highest BCUT2D eigenvalue weighted by Crippen LogP contribution is 2.38. The molecule has 3 rings (SSSR count). The van der Waals surface area contributed by atoms with Gasteiger partial charge in [0.2, 0.25) is 0 Å². The maximum absolute atomic E-state index is 5.64. The van der Waals surface area contributed by atoms with Crippen LogP contribution in [0.1, 0.15) is 18.9 Å². The van der Waals surface area contributed by atoms with Crippen LogP contribution in [0, 0.1) is 5.92 Å². The van der Waals surface area contributed by atoms with Crippen molar-refractivity contribution in [1.29, 1.82) is 0 Å². The maximum atomic E-state index is 5.64. The van der Waals surface area contributed by atoms with Crippen LogP contribution in [0.25, 0.3) is 0 Å². The van der Waals surface area contributed by atoms with E-state index in [0.29, 0.717) is 25.2 Å². The Kier molecular flexibility index (Phi) is 4.48. The molecule has 2 aliphatic rings. The summed E-state index contributed by atoms with van der Waals surface area (Å²) in [5.74, 6) is 2.27. The van der Waals surface area contributed by atoms with E-state index in [1.54, 1.807) is 0 Å². The summed E-state index contributed by atoms with van der Waals surface area (Å²) in [5, 5.41) is 3.51. The highest BCUT2D eigenvalue weighted by molar-refractivity contribution is 9.10. The van der Waals surface area contributed by atoms with Gasteiger partial charge < -0.3 is 19.5 Å². The van der Waals surface area contributed by atoms with Gasteiger partial charge in [-0.3, -0.25) is 0 Å². The first kappa shape index (κ1) is 14.2. The minimum atomic E-state index is 0.370. The van der Waals surface area contributed by atoms with Crippen molar-refractivity contribution in [1.82, 2.24) is 5.32 Å². The van der Waals surface area contributed by atoms with E-state index in [1.807, 2.05) is 0 Å². The van der Waals surface area contributed by atoms with Crippen LogP contribution in [-0.2, 0) is 11.3 Å². The molecular formula is C15H20BrNO3. The van der Waals surface area contributed by atoms with Gasteiger partial charge in [-0.25, -0.2) is 0 Å². The third-order valence-electron chi connectivity index (χ3n) is 3.93. The minimum absolute atomic E-state index is 0.370. The lowest BCUT2D eigenvalue weighted by Gasteiger charge is -2.21. The summed E-state index contributed by atoms with van der Waals surface area (Å²) in [6.45, 7) is 6.10. The van der Waals surface area contributed by atoms with Crippen LogP contribution >= 0.6 is 15.9 Å². The molecule has 2 heterocycles. The van der Waals surface area contributed by atoms with E-state index >= 15 is 0 Å². The molecule has 1 aromatic carbocycles. The molecule has 0 bridgehead atoms. The first-order chi connectivity index (χ1) is 9.74. The lowest BCUT2D eigenvalue weighted by molar-refractivity contribution is 0.105. The Hall–Kier alpha value is -0.780. The van der Waals surface area contributed by atoms with Crippen LogP contribution in [0.3, 0.4) is 0 Å². The van der Waals surface area contributed by atoms with Gasteiger partial charge in [-0.2, -0.15) is 0 Å². The first-order valence-corrected chi connectivity index (χ1v) is 7.93. The predicted octanol–water partition coefficient (Wildman–Crippen LogP) is 2.73. The topological polar surface area (TPSA) is 39.7 Å². The highest BCUT2D eigenvalue weighted by atomic mass is 79.9. The zero-order chi connectivity index (χ0) is 13.9. The first-order valence-electron chi connectivity index (χ1n) is 7.14. The van der Waals surface area contributed by atoms with E-state index in [-0.39, 0.29) is 0 Å². The highest BCUT2D eigenvalue weighted by Gasteiger charge is 2.23. The summed E-state index contributed by atoms with van der Waals surface area (Å²) in [5.41, 5.74) is 1.20. The predicted molar refractivity (Wildman–Crippen MR) is 80.4 cm³/mol. The van der Waals surface area contributed by atoms with Gasteiger partial charge in [-0.15, -0.1) is 0 Å². The second-order valence-electron chi connectivity index (χ2n) is 5.36. The molecule has 1 aromatic rings. The van der Waals surface area contributed by atoms with E-state index in [4.69, 9.17) is 14.2 Å². The fraction of sp³-hybridized carbons (Fsp3) is 0.600. The third kappa shape index (κ3) is 3.10. The second-order valence-corrected chi connectivity index (χ2v) is 6.21. The van der Waals surface area contributed by atoms with Crippen molar-refractivity contribution >= 4 is 15.9 Å². The van der Waals surface area contributed by atoms with E-state index in [2.05, 4.69) is 40.3 Å². The van der Waals surface area contributed by atoms with Gasteiger partial charge in [0.05, 0.1) is 10.6 Å². The van der Waals surface area contributed by atoms with Gasteiger partial charge in [0.1, 0.15) is 13.2 Å². The zero-order valence-corrected chi connectivity index (χ0v) is 13.2. The molecule has 2 unspecified atom stereocenters. The summed E-state index contributed by atoms with van der Waals surface area (Å²) >= 11 is 3.55. The molecule has 0 spiro atoms. The summed E-state index contributed by atoms with van der Waals surface area (Å²) in [6, 6.07) is 4.15. The Morgan fingerprint density at radius 3 is 2.90 bits per heavy atom. The van der Waals surface area contributed by atoms with Gasteiger partial charge >= 0.3 is 0 Å². The molecule has 5 heteroatoms. The largest absolute Gasteiger partial charge is 0.486 e. The van der Waals surface area contributed by atoms with Gasteiger partial charge in [0.25, 0.3) is 0 Å². The molecule has 20 heavy (non-hydrogen) atoms. The van der Waals surface area contributed by atoms with Crippen molar-refractivity contribution < 1.29 is 14.2 Å². The number of halogens is 1. The Bertz CT molecular complexity index is 480. The number of nitrogens with one attached hydrogen (secondary N) is 1. The summed E-state index contributed by atoms with van der Waals surface area (Å²) in [7, 11) is 0. The van der Waals surface area contributed by atoms with Crippen molar-refractivity contribution in [2.45, 2.75) is 26.0 Å². The summed E-state index contributed by atoms with van der Waals surface area (Å²) in [4.78, 5) is 0. The van der Waals surface area contributed by atoms with Gasteiger partial charge in [-0.1, -0.05) is 0 Å². The molecule has 1 fully saturated rings. The van der Waals surface area contributed by atoms with Crippen LogP contribution in [0.15, 0.2) is 16.6 Å². The molecule has 1 N–H and O–H groups in total. The number of rotatable bonds is 4. The Balaban J connectivity index is 1.59. The number of ether oxygens (including phenoxy) is 3. The molecule has 2 aliphatic heterocycles. The fourth-order valence-corrected chi connectivity index (χ4v) is 3.32. The van der Waals surface area contributed by atoms with Crippen molar-refractivity contribution in [2.24, 2.45) is 5.92 Å². The quantitative estimate of drug-likeness (QED) is 0.913. The van der Waals surface area contributed by atoms with Crippen molar-refractivity contribution in [3.8, 4) is 11.5 Å². The molecule has 1 saturated heterocycles. The Morgan fingerprint density at radius 2 is 2.10 bits per heavy atom. The van der Waals surface area contributed by atoms with Crippen molar-refractivity contribution in [3.63, 3.8) is 0 Å². The molecule has 110 valence electrons. The minimum Gasteiger partial charge on any atom is -0.486 e. The van der Waals surface area contributed by atoms with Crippen LogP contribution in [0.5, 0.6) is 11.5 Å². The van der Waals surface area contributed by atoms with E-state index in [9.17, 15) is 0 Å². The molecule has 0 amide bonds. The van der Waals surface area contributed by atoms with E-state index in [1.165, 1.54) is 5.56 Å². The van der Waals surface area contributed by atoms with Crippen molar-refractivity contribution in [2.75, 3.05) is 26.4 Å². The summed E-state index contributed by atoms with van der Waals surface area (Å²) < 4.78 is 17.8. The lowest BCUT2D eigenvalue weighted by Crippen LogP contribution is -2.26. The molecule has 2 atom stereocenters. The molecule has 0 aliphatic carbocycles. The average Bonchev–Trinajstić information content (AvgIpc) is 2.85. The smallest absolute Gasteiger partial charge is 0.175 e. The number of hydrogen-bond acceptors (Lipinski definition) is 4.